The predicted molar refractivity (Wildman–Crippen MR) is 104 cm³/mol. The third kappa shape index (κ3) is 4.93. The van der Waals surface area contributed by atoms with E-state index in [1.54, 1.807) is 11.3 Å². The minimum atomic E-state index is -0.0617. The van der Waals surface area contributed by atoms with E-state index in [9.17, 15) is 9.59 Å². The maximum Gasteiger partial charge on any atom is 0.251 e. The normalized spacial score (nSPS) is 15.6. The van der Waals surface area contributed by atoms with Crippen molar-refractivity contribution < 1.29 is 9.59 Å². The Kier molecular flexibility index (Phi) is 6.41. The summed E-state index contributed by atoms with van der Waals surface area (Å²) in [5.41, 5.74) is 1.62. The van der Waals surface area contributed by atoms with Gasteiger partial charge in [0.05, 0.1) is 6.04 Å². The van der Waals surface area contributed by atoms with Crippen LogP contribution in [0.1, 0.15) is 46.6 Å². The SMILES string of the molecule is CC(=O)NCc1ccc(C(=O)NCC(c2cccs2)N2CCCC2)cc1. The molecule has 1 aliphatic rings. The Morgan fingerprint density at radius 2 is 1.85 bits per heavy atom. The molecular formula is C20H25N3O2S. The zero-order chi connectivity index (χ0) is 18.4. The van der Waals surface area contributed by atoms with Gasteiger partial charge in [0.2, 0.25) is 5.91 Å². The molecule has 0 bridgehead atoms. The fourth-order valence-electron chi connectivity index (χ4n) is 3.24. The molecule has 5 nitrogen and oxygen atoms in total. The van der Waals surface area contributed by atoms with Crippen LogP contribution in [0.15, 0.2) is 41.8 Å². The molecule has 2 amide bonds. The number of thiophene rings is 1. The van der Waals surface area contributed by atoms with Crippen LogP contribution in [0.2, 0.25) is 0 Å². The Morgan fingerprint density at radius 3 is 2.46 bits per heavy atom. The molecule has 0 saturated carbocycles. The van der Waals surface area contributed by atoms with Crippen LogP contribution >= 0.6 is 11.3 Å². The summed E-state index contributed by atoms with van der Waals surface area (Å²) in [6.45, 7) is 4.78. The molecule has 1 aliphatic heterocycles. The highest BCUT2D eigenvalue weighted by Gasteiger charge is 2.24. The third-order valence-corrected chi connectivity index (χ3v) is 5.64. The van der Waals surface area contributed by atoms with Crippen molar-refractivity contribution in [3.8, 4) is 0 Å². The Balaban J connectivity index is 1.58. The van der Waals surface area contributed by atoms with Crippen molar-refractivity contribution in [1.82, 2.24) is 15.5 Å². The standard InChI is InChI=1S/C20H25N3O2S/c1-15(24)21-13-16-6-8-17(9-7-16)20(25)22-14-18(19-5-4-12-26-19)23-10-2-3-11-23/h4-9,12,18H,2-3,10-11,13-14H2,1H3,(H,21,24)(H,22,25). The third-order valence-electron chi connectivity index (χ3n) is 4.67. The number of nitrogens with zero attached hydrogens (tertiary/aromatic N) is 1. The fourth-order valence-corrected chi connectivity index (χ4v) is 4.10. The second kappa shape index (κ2) is 8.96. The Labute approximate surface area is 158 Å². The monoisotopic (exact) mass is 371 g/mol. The topological polar surface area (TPSA) is 61.4 Å². The molecule has 0 aliphatic carbocycles. The van der Waals surface area contributed by atoms with Crippen molar-refractivity contribution in [3.63, 3.8) is 0 Å². The maximum absolute atomic E-state index is 12.5. The van der Waals surface area contributed by atoms with Gasteiger partial charge in [-0.25, -0.2) is 0 Å². The minimum Gasteiger partial charge on any atom is -0.352 e. The summed E-state index contributed by atoms with van der Waals surface area (Å²) >= 11 is 1.75. The van der Waals surface area contributed by atoms with Crippen LogP contribution in [0.5, 0.6) is 0 Å². The molecule has 3 rings (SSSR count). The highest BCUT2D eigenvalue weighted by Crippen LogP contribution is 2.27. The summed E-state index contributed by atoms with van der Waals surface area (Å²) in [5, 5.41) is 7.94. The van der Waals surface area contributed by atoms with Gasteiger partial charge in [-0.15, -0.1) is 11.3 Å². The molecule has 1 aromatic heterocycles. The largest absolute Gasteiger partial charge is 0.352 e. The summed E-state index contributed by atoms with van der Waals surface area (Å²) in [7, 11) is 0. The molecule has 2 heterocycles. The first-order valence-electron chi connectivity index (χ1n) is 9.02. The highest BCUT2D eigenvalue weighted by atomic mass is 32.1. The van der Waals surface area contributed by atoms with Crippen LogP contribution < -0.4 is 10.6 Å². The summed E-state index contributed by atoms with van der Waals surface area (Å²) < 4.78 is 0. The van der Waals surface area contributed by atoms with Crippen molar-refractivity contribution >= 4 is 23.2 Å². The van der Waals surface area contributed by atoms with E-state index in [1.165, 1.54) is 24.6 Å². The molecule has 1 atom stereocenters. The lowest BCUT2D eigenvalue weighted by molar-refractivity contribution is -0.119. The second-order valence-electron chi connectivity index (χ2n) is 6.59. The summed E-state index contributed by atoms with van der Waals surface area (Å²) in [6.07, 6.45) is 2.46. The summed E-state index contributed by atoms with van der Waals surface area (Å²) in [6, 6.07) is 11.8. The minimum absolute atomic E-state index is 0.0585. The van der Waals surface area contributed by atoms with Crippen molar-refractivity contribution in [3.05, 3.63) is 57.8 Å². The van der Waals surface area contributed by atoms with Gasteiger partial charge >= 0.3 is 0 Å². The van der Waals surface area contributed by atoms with Gasteiger partial charge in [-0.3, -0.25) is 14.5 Å². The molecule has 1 saturated heterocycles. The molecule has 1 fully saturated rings. The lowest BCUT2D eigenvalue weighted by atomic mass is 10.1. The number of amides is 2. The van der Waals surface area contributed by atoms with E-state index in [0.717, 1.165) is 18.7 Å². The number of rotatable bonds is 7. The zero-order valence-corrected chi connectivity index (χ0v) is 15.8. The van der Waals surface area contributed by atoms with Crippen molar-refractivity contribution in [2.24, 2.45) is 0 Å². The quantitative estimate of drug-likeness (QED) is 0.787. The number of likely N-dealkylation sites (tertiary alicyclic amines) is 1. The van der Waals surface area contributed by atoms with Gasteiger partial charge in [0.15, 0.2) is 0 Å². The Morgan fingerprint density at radius 1 is 1.12 bits per heavy atom. The lowest BCUT2D eigenvalue weighted by Crippen LogP contribution is -2.36. The van der Waals surface area contributed by atoms with Crippen LogP contribution in [0.4, 0.5) is 0 Å². The molecule has 0 radical (unpaired) electrons. The first-order valence-corrected chi connectivity index (χ1v) is 9.90. The molecule has 1 aromatic carbocycles. The molecule has 138 valence electrons. The van der Waals surface area contributed by atoms with Crippen LogP contribution in [0.25, 0.3) is 0 Å². The Hall–Kier alpha value is -2.18. The molecular weight excluding hydrogens is 346 g/mol. The first-order chi connectivity index (χ1) is 12.6. The predicted octanol–water partition coefficient (Wildman–Crippen LogP) is 2.95. The van der Waals surface area contributed by atoms with Crippen molar-refractivity contribution in [2.45, 2.75) is 32.4 Å². The van der Waals surface area contributed by atoms with Crippen molar-refractivity contribution in [2.75, 3.05) is 19.6 Å². The van der Waals surface area contributed by atoms with Gasteiger partial charge in [0.25, 0.3) is 5.91 Å². The van der Waals surface area contributed by atoms with E-state index in [-0.39, 0.29) is 17.9 Å². The van der Waals surface area contributed by atoms with E-state index < -0.39 is 0 Å². The molecule has 2 aromatic rings. The average Bonchev–Trinajstić information content (AvgIpc) is 3.35. The van der Waals surface area contributed by atoms with E-state index >= 15 is 0 Å². The lowest BCUT2D eigenvalue weighted by Gasteiger charge is -2.27. The summed E-state index contributed by atoms with van der Waals surface area (Å²) in [5.74, 6) is -0.120. The molecule has 2 N–H and O–H groups in total. The van der Waals surface area contributed by atoms with Gasteiger partial charge in [-0.05, 0) is 55.1 Å². The van der Waals surface area contributed by atoms with Gasteiger partial charge in [0.1, 0.15) is 0 Å². The van der Waals surface area contributed by atoms with Crippen LogP contribution in [-0.2, 0) is 11.3 Å². The molecule has 26 heavy (non-hydrogen) atoms. The van der Waals surface area contributed by atoms with Crippen LogP contribution in [-0.4, -0.2) is 36.3 Å². The van der Waals surface area contributed by atoms with Crippen LogP contribution in [0, 0.1) is 0 Å². The number of carbonyl (C=O) groups excluding carboxylic acids is 2. The van der Waals surface area contributed by atoms with Gasteiger partial charge in [-0.2, -0.15) is 0 Å². The van der Waals surface area contributed by atoms with Crippen molar-refractivity contribution in [1.29, 1.82) is 0 Å². The Bertz CT molecular complexity index is 722. The number of carbonyl (C=O) groups is 2. The van der Waals surface area contributed by atoms with Crippen LogP contribution in [0.3, 0.4) is 0 Å². The molecule has 1 unspecified atom stereocenters. The summed E-state index contributed by atoms with van der Waals surface area (Å²) in [4.78, 5) is 27.2. The zero-order valence-electron chi connectivity index (χ0n) is 15.0. The fraction of sp³-hybridized carbons (Fsp3) is 0.400. The van der Waals surface area contributed by atoms with E-state index in [2.05, 4.69) is 33.0 Å². The number of benzene rings is 1. The van der Waals surface area contributed by atoms with E-state index in [1.807, 2.05) is 24.3 Å². The number of hydrogen-bond donors (Lipinski definition) is 2. The van der Waals surface area contributed by atoms with Gasteiger partial charge < -0.3 is 10.6 Å². The maximum atomic E-state index is 12.5. The van der Waals surface area contributed by atoms with E-state index in [0.29, 0.717) is 18.7 Å². The smallest absolute Gasteiger partial charge is 0.251 e. The number of nitrogens with one attached hydrogen (secondary N) is 2. The molecule has 0 spiro atoms. The van der Waals surface area contributed by atoms with E-state index in [4.69, 9.17) is 0 Å². The van der Waals surface area contributed by atoms with Gasteiger partial charge in [-0.1, -0.05) is 18.2 Å². The molecule has 6 heteroatoms. The average molecular weight is 372 g/mol. The highest BCUT2D eigenvalue weighted by molar-refractivity contribution is 7.10. The first kappa shape index (κ1) is 18.6. The second-order valence-corrected chi connectivity index (χ2v) is 7.57. The number of hydrogen-bond acceptors (Lipinski definition) is 4. The van der Waals surface area contributed by atoms with Gasteiger partial charge in [0, 0.05) is 30.5 Å².